The quantitative estimate of drug-likeness (QED) is 0.690. The maximum atomic E-state index is 12.5. The standard InChI is InChI=1S/C17H15BrN2O/c1-10-9-12(18)7-8-14(10)20-17(21)16-11(2)13-5-3-4-6-15(13)19-16/h3-9,19H,1-2H3,(H,20,21). The van der Waals surface area contributed by atoms with E-state index in [0.717, 1.165) is 32.2 Å². The molecule has 0 saturated heterocycles. The fourth-order valence-corrected chi connectivity index (χ4v) is 2.94. The molecule has 106 valence electrons. The molecule has 2 N–H and O–H groups in total. The number of hydrogen-bond donors (Lipinski definition) is 2. The molecule has 3 nitrogen and oxygen atoms in total. The van der Waals surface area contributed by atoms with Crippen LogP contribution in [0.25, 0.3) is 10.9 Å². The van der Waals surface area contributed by atoms with Crippen molar-refractivity contribution in [2.24, 2.45) is 0 Å². The first-order valence-electron chi connectivity index (χ1n) is 6.71. The summed E-state index contributed by atoms with van der Waals surface area (Å²) in [5.41, 5.74) is 4.40. The normalized spacial score (nSPS) is 10.8. The summed E-state index contributed by atoms with van der Waals surface area (Å²) in [6.45, 7) is 3.93. The van der Waals surface area contributed by atoms with E-state index in [2.05, 4.69) is 26.2 Å². The highest BCUT2D eigenvalue weighted by Gasteiger charge is 2.15. The van der Waals surface area contributed by atoms with Crippen molar-refractivity contribution in [1.82, 2.24) is 4.98 Å². The average molecular weight is 343 g/mol. The number of fused-ring (bicyclic) bond motifs is 1. The molecule has 0 aliphatic rings. The van der Waals surface area contributed by atoms with E-state index in [1.54, 1.807) is 0 Å². The van der Waals surface area contributed by atoms with Crippen molar-refractivity contribution >= 4 is 38.4 Å². The number of anilines is 1. The first-order chi connectivity index (χ1) is 10.1. The molecule has 2 aromatic carbocycles. The van der Waals surface area contributed by atoms with E-state index in [9.17, 15) is 4.79 Å². The van der Waals surface area contributed by atoms with Crippen LogP contribution in [0.3, 0.4) is 0 Å². The highest BCUT2D eigenvalue weighted by molar-refractivity contribution is 9.10. The number of H-pyrrole nitrogens is 1. The Hall–Kier alpha value is -2.07. The summed E-state index contributed by atoms with van der Waals surface area (Å²) >= 11 is 3.42. The van der Waals surface area contributed by atoms with Gasteiger partial charge < -0.3 is 10.3 Å². The summed E-state index contributed by atoms with van der Waals surface area (Å²) in [6, 6.07) is 13.7. The Kier molecular flexibility index (Phi) is 3.55. The number of benzene rings is 2. The van der Waals surface area contributed by atoms with Crippen LogP contribution < -0.4 is 5.32 Å². The number of carbonyl (C=O) groups is 1. The summed E-state index contributed by atoms with van der Waals surface area (Å²) in [5, 5.41) is 4.04. The van der Waals surface area contributed by atoms with Gasteiger partial charge in [-0.2, -0.15) is 0 Å². The molecule has 1 aromatic heterocycles. The van der Waals surface area contributed by atoms with Crippen LogP contribution in [-0.2, 0) is 0 Å². The van der Waals surface area contributed by atoms with E-state index in [4.69, 9.17) is 0 Å². The summed E-state index contributed by atoms with van der Waals surface area (Å²) in [7, 11) is 0. The summed E-state index contributed by atoms with van der Waals surface area (Å²) in [4.78, 5) is 15.7. The van der Waals surface area contributed by atoms with E-state index >= 15 is 0 Å². The zero-order valence-corrected chi connectivity index (χ0v) is 13.4. The Bertz CT molecular complexity index is 836. The van der Waals surface area contributed by atoms with Crippen molar-refractivity contribution in [2.45, 2.75) is 13.8 Å². The van der Waals surface area contributed by atoms with E-state index < -0.39 is 0 Å². The zero-order valence-electron chi connectivity index (χ0n) is 11.8. The van der Waals surface area contributed by atoms with Crippen LogP contribution in [0, 0.1) is 13.8 Å². The smallest absolute Gasteiger partial charge is 0.272 e. The first kappa shape index (κ1) is 13.9. The van der Waals surface area contributed by atoms with Gasteiger partial charge in [-0.25, -0.2) is 0 Å². The number of carbonyl (C=O) groups excluding carboxylic acids is 1. The van der Waals surface area contributed by atoms with Gasteiger partial charge in [-0.15, -0.1) is 0 Å². The summed E-state index contributed by atoms with van der Waals surface area (Å²) in [6.07, 6.45) is 0. The molecule has 0 aliphatic carbocycles. The van der Waals surface area contributed by atoms with Crippen LogP contribution >= 0.6 is 15.9 Å². The lowest BCUT2D eigenvalue weighted by molar-refractivity contribution is 0.102. The third-order valence-corrected chi connectivity index (χ3v) is 4.12. The van der Waals surface area contributed by atoms with E-state index in [1.165, 1.54) is 0 Å². The number of aryl methyl sites for hydroxylation is 2. The molecular weight excluding hydrogens is 328 g/mol. The summed E-state index contributed by atoms with van der Waals surface area (Å²) < 4.78 is 1.000. The van der Waals surface area contributed by atoms with Crippen molar-refractivity contribution in [3.63, 3.8) is 0 Å². The van der Waals surface area contributed by atoms with Gasteiger partial charge in [-0.1, -0.05) is 34.1 Å². The molecule has 0 bridgehead atoms. The Morgan fingerprint density at radius 1 is 1.14 bits per heavy atom. The predicted octanol–water partition coefficient (Wildman–Crippen LogP) is 4.80. The van der Waals surface area contributed by atoms with Gasteiger partial charge in [0, 0.05) is 21.1 Å². The molecule has 0 radical (unpaired) electrons. The topological polar surface area (TPSA) is 44.9 Å². The molecule has 0 fully saturated rings. The Morgan fingerprint density at radius 2 is 1.90 bits per heavy atom. The largest absolute Gasteiger partial charge is 0.350 e. The number of aromatic nitrogens is 1. The third kappa shape index (κ3) is 2.59. The van der Waals surface area contributed by atoms with Crippen LogP contribution in [-0.4, -0.2) is 10.9 Å². The molecule has 3 aromatic rings. The average Bonchev–Trinajstić information content (AvgIpc) is 2.80. The van der Waals surface area contributed by atoms with E-state index in [1.807, 2.05) is 56.3 Å². The zero-order chi connectivity index (χ0) is 15.0. The lowest BCUT2D eigenvalue weighted by Gasteiger charge is -2.08. The minimum absolute atomic E-state index is 0.117. The van der Waals surface area contributed by atoms with Crippen LogP contribution in [0.15, 0.2) is 46.9 Å². The number of aromatic amines is 1. The number of nitrogens with one attached hydrogen (secondary N) is 2. The van der Waals surface area contributed by atoms with Gasteiger partial charge in [0.2, 0.25) is 0 Å². The van der Waals surface area contributed by atoms with Crippen molar-refractivity contribution in [3.05, 3.63) is 63.8 Å². The highest BCUT2D eigenvalue weighted by atomic mass is 79.9. The maximum Gasteiger partial charge on any atom is 0.272 e. The Morgan fingerprint density at radius 3 is 2.62 bits per heavy atom. The molecular formula is C17H15BrN2O. The molecule has 0 atom stereocenters. The van der Waals surface area contributed by atoms with Crippen LogP contribution in [0.4, 0.5) is 5.69 Å². The minimum atomic E-state index is -0.117. The second-order valence-corrected chi connectivity index (χ2v) is 6.00. The number of hydrogen-bond acceptors (Lipinski definition) is 1. The van der Waals surface area contributed by atoms with Gasteiger partial charge in [-0.05, 0) is 49.2 Å². The van der Waals surface area contributed by atoms with Crippen LogP contribution in [0.5, 0.6) is 0 Å². The highest BCUT2D eigenvalue weighted by Crippen LogP contribution is 2.24. The molecule has 21 heavy (non-hydrogen) atoms. The first-order valence-corrected chi connectivity index (χ1v) is 7.50. The lowest BCUT2D eigenvalue weighted by Crippen LogP contribution is -2.14. The fourth-order valence-electron chi connectivity index (χ4n) is 2.46. The number of rotatable bonds is 2. The molecule has 4 heteroatoms. The van der Waals surface area contributed by atoms with Gasteiger partial charge in [0.05, 0.1) is 0 Å². The lowest BCUT2D eigenvalue weighted by atomic mass is 10.1. The van der Waals surface area contributed by atoms with Gasteiger partial charge in [0.25, 0.3) is 5.91 Å². The van der Waals surface area contributed by atoms with Crippen LogP contribution in [0.1, 0.15) is 21.6 Å². The third-order valence-electron chi connectivity index (χ3n) is 3.63. The van der Waals surface area contributed by atoms with Crippen molar-refractivity contribution < 1.29 is 4.79 Å². The molecule has 1 heterocycles. The van der Waals surface area contributed by atoms with Crippen LogP contribution in [0.2, 0.25) is 0 Å². The van der Waals surface area contributed by atoms with Crippen molar-refractivity contribution in [3.8, 4) is 0 Å². The Labute approximate surface area is 131 Å². The second kappa shape index (κ2) is 5.37. The number of amides is 1. The van der Waals surface area contributed by atoms with Gasteiger partial charge >= 0.3 is 0 Å². The number of para-hydroxylation sites is 1. The molecule has 0 saturated carbocycles. The Balaban J connectivity index is 1.95. The van der Waals surface area contributed by atoms with Crippen molar-refractivity contribution in [1.29, 1.82) is 0 Å². The number of halogens is 1. The minimum Gasteiger partial charge on any atom is -0.350 e. The van der Waals surface area contributed by atoms with Gasteiger partial charge in [0.1, 0.15) is 5.69 Å². The SMILES string of the molecule is Cc1cc(Br)ccc1NC(=O)c1[nH]c2ccccc2c1C. The fraction of sp³-hybridized carbons (Fsp3) is 0.118. The molecule has 3 rings (SSSR count). The van der Waals surface area contributed by atoms with Gasteiger partial charge in [-0.3, -0.25) is 4.79 Å². The van der Waals surface area contributed by atoms with Gasteiger partial charge in [0.15, 0.2) is 0 Å². The van der Waals surface area contributed by atoms with E-state index in [0.29, 0.717) is 5.69 Å². The summed E-state index contributed by atoms with van der Waals surface area (Å²) in [5.74, 6) is -0.117. The van der Waals surface area contributed by atoms with E-state index in [-0.39, 0.29) is 5.91 Å². The maximum absolute atomic E-state index is 12.5. The molecule has 0 aliphatic heterocycles. The molecule has 0 unspecified atom stereocenters. The predicted molar refractivity (Wildman–Crippen MR) is 89.9 cm³/mol. The monoisotopic (exact) mass is 342 g/mol. The second-order valence-electron chi connectivity index (χ2n) is 5.08. The van der Waals surface area contributed by atoms with Crippen molar-refractivity contribution in [2.75, 3.05) is 5.32 Å². The molecule has 1 amide bonds. The molecule has 0 spiro atoms.